The van der Waals surface area contributed by atoms with E-state index in [1.165, 1.54) is 6.92 Å². The first kappa shape index (κ1) is 11.6. The summed E-state index contributed by atoms with van der Waals surface area (Å²) in [6, 6.07) is 7.18. The molecule has 0 aliphatic heterocycles. The van der Waals surface area contributed by atoms with E-state index in [1.54, 1.807) is 12.1 Å². The average molecular weight is 245 g/mol. The van der Waals surface area contributed by atoms with Crippen LogP contribution in [0.5, 0.6) is 0 Å². The molecule has 2 rings (SSSR count). The summed E-state index contributed by atoms with van der Waals surface area (Å²) in [4.78, 5) is 15.7. The van der Waals surface area contributed by atoms with Gasteiger partial charge in [0.1, 0.15) is 6.07 Å². The summed E-state index contributed by atoms with van der Waals surface area (Å²) < 4.78 is 0. The highest BCUT2D eigenvalue weighted by Gasteiger charge is 2.11. The Bertz CT molecular complexity index is 671. The zero-order valence-corrected chi connectivity index (χ0v) is 10.2. The number of Topliss-reactive ketones (excluding diaryl/α,β-unsaturated/α-hetero) is 1. The second kappa shape index (κ2) is 4.15. The molecule has 0 saturated heterocycles. The van der Waals surface area contributed by atoms with E-state index in [-0.39, 0.29) is 16.5 Å². The zero-order chi connectivity index (χ0) is 12.6. The smallest absolute Gasteiger partial charge is 0.160 e. The van der Waals surface area contributed by atoms with Gasteiger partial charge in [0.25, 0.3) is 0 Å². The van der Waals surface area contributed by atoms with Crippen LogP contribution < -0.4 is 0 Å². The van der Waals surface area contributed by atoms with Crippen LogP contribution in [0.3, 0.4) is 0 Å². The summed E-state index contributed by atoms with van der Waals surface area (Å²) in [5, 5.41) is 9.82. The van der Waals surface area contributed by atoms with Crippen molar-refractivity contribution >= 4 is 28.3 Å². The monoisotopic (exact) mass is 244 g/mol. The largest absolute Gasteiger partial charge is 0.294 e. The highest BCUT2D eigenvalue weighted by atomic mass is 35.5. The van der Waals surface area contributed by atoms with Crippen molar-refractivity contribution in [3.05, 3.63) is 40.0 Å². The molecule has 0 aliphatic carbocycles. The summed E-state index contributed by atoms with van der Waals surface area (Å²) >= 11 is 5.92. The van der Waals surface area contributed by atoms with Crippen LogP contribution in [0.15, 0.2) is 18.2 Å². The van der Waals surface area contributed by atoms with Crippen LogP contribution in [0.25, 0.3) is 10.9 Å². The molecule has 0 amide bonds. The summed E-state index contributed by atoms with van der Waals surface area (Å²) in [5.74, 6) is -0.0405. The van der Waals surface area contributed by atoms with E-state index in [2.05, 4.69) is 4.98 Å². The van der Waals surface area contributed by atoms with E-state index in [4.69, 9.17) is 16.9 Å². The number of rotatable bonds is 1. The molecule has 0 aliphatic rings. The van der Waals surface area contributed by atoms with Crippen LogP contribution in [-0.4, -0.2) is 10.8 Å². The molecule has 0 N–H and O–H groups in total. The number of benzene rings is 1. The van der Waals surface area contributed by atoms with Gasteiger partial charge in [-0.05, 0) is 37.6 Å². The molecule has 0 radical (unpaired) electrons. The second-order valence-corrected chi connectivity index (χ2v) is 4.27. The minimum absolute atomic E-state index is 0.0405. The Morgan fingerprint density at radius 3 is 2.71 bits per heavy atom. The molecule has 0 atom stereocenters. The van der Waals surface area contributed by atoms with E-state index in [1.807, 2.05) is 19.1 Å². The molecule has 0 bridgehead atoms. The SMILES string of the molecule is CC(=O)c1cc(C)cc2nc(C#N)c(Cl)cc12. The predicted octanol–water partition coefficient (Wildman–Crippen LogP) is 3.27. The number of pyridine rings is 1. The lowest BCUT2D eigenvalue weighted by Gasteiger charge is -2.06. The normalized spacial score (nSPS) is 10.2. The Morgan fingerprint density at radius 1 is 1.41 bits per heavy atom. The molecular formula is C13H9ClN2O. The van der Waals surface area contributed by atoms with Crippen molar-refractivity contribution in [1.82, 2.24) is 4.98 Å². The van der Waals surface area contributed by atoms with Crippen molar-refractivity contribution in [1.29, 1.82) is 5.26 Å². The van der Waals surface area contributed by atoms with Gasteiger partial charge in [-0.1, -0.05) is 11.6 Å². The third-order valence-electron chi connectivity index (χ3n) is 2.52. The Labute approximate surface area is 104 Å². The molecule has 0 fully saturated rings. The van der Waals surface area contributed by atoms with E-state index in [9.17, 15) is 4.79 Å². The maximum absolute atomic E-state index is 11.5. The first-order valence-electron chi connectivity index (χ1n) is 5.05. The van der Waals surface area contributed by atoms with Crippen molar-refractivity contribution in [2.45, 2.75) is 13.8 Å². The van der Waals surface area contributed by atoms with Crippen LogP contribution >= 0.6 is 11.6 Å². The first-order valence-corrected chi connectivity index (χ1v) is 5.42. The van der Waals surface area contributed by atoms with Gasteiger partial charge in [0.05, 0.1) is 10.5 Å². The van der Waals surface area contributed by atoms with E-state index < -0.39 is 0 Å². The summed E-state index contributed by atoms with van der Waals surface area (Å²) in [5.41, 5.74) is 2.32. The van der Waals surface area contributed by atoms with Gasteiger partial charge in [-0.25, -0.2) is 4.98 Å². The van der Waals surface area contributed by atoms with E-state index in [0.717, 1.165) is 5.56 Å². The molecule has 84 valence electrons. The molecule has 0 spiro atoms. The Hall–Kier alpha value is -1.92. The lowest BCUT2D eigenvalue weighted by atomic mass is 10.0. The number of nitrogens with zero attached hydrogens (tertiary/aromatic N) is 2. The average Bonchev–Trinajstić information content (AvgIpc) is 2.27. The van der Waals surface area contributed by atoms with Gasteiger partial charge < -0.3 is 0 Å². The number of nitriles is 1. The van der Waals surface area contributed by atoms with Crippen LogP contribution in [-0.2, 0) is 0 Å². The maximum Gasteiger partial charge on any atom is 0.160 e. The predicted molar refractivity (Wildman–Crippen MR) is 66.2 cm³/mol. The molecule has 3 nitrogen and oxygen atoms in total. The molecule has 0 saturated carbocycles. The highest BCUT2D eigenvalue weighted by molar-refractivity contribution is 6.32. The van der Waals surface area contributed by atoms with Crippen molar-refractivity contribution in [2.24, 2.45) is 0 Å². The third kappa shape index (κ3) is 2.00. The molecular weight excluding hydrogens is 236 g/mol. The van der Waals surface area contributed by atoms with Crippen LogP contribution in [0.2, 0.25) is 5.02 Å². The van der Waals surface area contributed by atoms with Crippen LogP contribution in [0.4, 0.5) is 0 Å². The third-order valence-corrected chi connectivity index (χ3v) is 2.81. The number of ketones is 1. The maximum atomic E-state index is 11.5. The van der Waals surface area contributed by atoms with Gasteiger partial charge in [-0.15, -0.1) is 0 Å². The number of aryl methyl sites for hydroxylation is 1. The number of carbonyl (C=O) groups excluding carboxylic acids is 1. The van der Waals surface area contributed by atoms with E-state index in [0.29, 0.717) is 16.5 Å². The second-order valence-electron chi connectivity index (χ2n) is 3.87. The lowest BCUT2D eigenvalue weighted by molar-refractivity contribution is 0.101. The first-order chi connectivity index (χ1) is 8.02. The zero-order valence-electron chi connectivity index (χ0n) is 9.41. The van der Waals surface area contributed by atoms with Gasteiger partial charge in [0.15, 0.2) is 11.5 Å². The fourth-order valence-electron chi connectivity index (χ4n) is 1.76. The minimum Gasteiger partial charge on any atom is -0.294 e. The highest BCUT2D eigenvalue weighted by Crippen LogP contribution is 2.25. The van der Waals surface area contributed by atoms with Gasteiger partial charge in [0, 0.05) is 10.9 Å². The van der Waals surface area contributed by atoms with Crippen molar-refractivity contribution < 1.29 is 4.79 Å². The number of hydrogen-bond donors (Lipinski definition) is 0. The number of hydrogen-bond acceptors (Lipinski definition) is 3. The molecule has 4 heteroatoms. The lowest BCUT2D eigenvalue weighted by Crippen LogP contribution is -1.97. The molecule has 1 heterocycles. The number of carbonyl (C=O) groups is 1. The molecule has 2 aromatic rings. The Balaban J connectivity index is 2.91. The van der Waals surface area contributed by atoms with Gasteiger partial charge in [0.2, 0.25) is 0 Å². The summed E-state index contributed by atoms with van der Waals surface area (Å²) in [6.45, 7) is 3.38. The molecule has 17 heavy (non-hydrogen) atoms. The Morgan fingerprint density at radius 2 is 2.12 bits per heavy atom. The van der Waals surface area contributed by atoms with Crippen molar-refractivity contribution in [3.8, 4) is 6.07 Å². The van der Waals surface area contributed by atoms with Gasteiger partial charge in [-0.2, -0.15) is 5.26 Å². The van der Waals surface area contributed by atoms with Gasteiger partial charge in [-0.3, -0.25) is 4.79 Å². The van der Waals surface area contributed by atoms with Crippen LogP contribution in [0, 0.1) is 18.3 Å². The standard InChI is InChI=1S/C13H9ClN2O/c1-7-3-9(8(2)17)10-5-11(14)13(6-15)16-12(10)4-7/h3-5H,1-2H3. The molecule has 0 unspecified atom stereocenters. The summed E-state index contributed by atoms with van der Waals surface area (Å²) in [7, 11) is 0. The minimum atomic E-state index is -0.0405. The fourth-order valence-corrected chi connectivity index (χ4v) is 1.95. The van der Waals surface area contributed by atoms with Crippen LogP contribution in [0.1, 0.15) is 28.5 Å². The quantitative estimate of drug-likeness (QED) is 0.724. The summed E-state index contributed by atoms with van der Waals surface area (Å²) in [6.07, 6.45) is 0. The van der Waals surface area contributed by atoms with Crippen molar-refractivity contribution in [2.75, 3.05) is 0 Å². The van der Waals surface area contributed by atoms with Crippen molar-refractivity contribution in [3.63, 3.8) is 0 Å². The topological polar surface area (TPSA) is 53.8 Å². The number of halogens is 1. The number of fused-ring (bicyclic) bond motifs is 1. The number of aromatic nitrogens is 1. The van der Waals surface area contributed by atoms with Gasteiger partial charge >= 0.3 is 0 Å². The Kier molecular flexibility index (Phi) is 2.83. The fraction of sp³-hybridized carbons (Fsp3) is 0.154. The van der Waals surface area contributed by atoms with E-state index >= 15 is 0 Å². The molecule has 1 aromatic heterocycles. The molecule has 1 aromatic carbocycles.